The van der Waals surface area contributed by atoms with Crippen molar-refractivity contribution in [3.63, 3.8) is 0 Å². The van der Waals surface area contributed by atoms with Crippen LogP contribution in [-0.2, 0) is 23.9 Å². The van der Waals surface area contributed by atoms with Crippen molar-refractivity contribution in [3.05, 3.63) is 0 Å². The van der Waals surface area contributed by atoms with E-state index in [2.05, 4.69) is 4.74 Å². The monoisotopic (exact) mass is 330 g/mol. The summed E-state index contributed by atoms with van der Waals surface area (Å²) in [5, 5.41) is 16.9. The average Bonchev–Trinajstić information content (AvgIpc) is 2.45. The van der Waals surface area contributed by atoms with Crippen LogP contribution < -0.4 is 0 Å². The smallest absolute Gasteiger partial charge is 0.313 e. The summed E-state index contributed by atoms with van der Waals surface area (Å²) in [5.74, 6) is -2.83. The van der Waals surface area contributed by atoms with E-state index in [9.17, 15) is 19.2 Å². The Morgan fingerprint density at radius 1 is 0.522 bits per heavy atom. The van der Waals surface area contributed by atoms with Crippen LogP contribution in [0.5, 0.6) is 0 Å². The van der Waals surface area contributed by atoms with Crippen LogP contribution in [0.15, 0.2) is 0 Å². The third-order valence-electron chi connectivity index (χ3n) is 3.27. The summed E-state index contributed by atoms with van der Waals surface area (Å²) in [6, 6.07) is 0. The molecule has 0 radical (unpaired) electrons. The largest absolute Gasteiger partial charge is 0.481 e. The minimum Gasteiger partial charge on any atom is -0.481 e. The Labute approximate surface area is 136 Å². The fourth-order valence-corrected chi connectivity index (χ4v) is 2.03. The van der Waals surface area contributed by atoms with E-state index in [-0.39, 0.29) is 25.7 Å². The van der Waals surface area contributed by atoms with Gasteiger partial charge in [-0.3, -0.25) is 19.2 Å². The highest BCUT2D eigenvalue weighted by Gasteiger charge is 2.10. The fraction of sp³-hybridized carbons (Fsp3) is 0.750. The van der Waals surface area contributed by atoms with Gasteiger partial charge < -0.3 is 14.9 Å². The molecule has 0 atom stereocenters. The molecule has 0 aliphatic carbocycles. The zero-order valence-electron chi connectivity index (χ0n) is 13.4. The number of unbranched alkanes of at least 4 members (excludes halogenated alkanes) is 6. The number of carbonyl (C=O) groups excluding carboxylic acids is 2. The highest BCUT2D eigenvalue weighted by molar-refractivity contribution is 5.85. The summed E-state index contributed by atoms with van der Waals surface area (Å²) in [7, 11) is 0. The van der Waals surface area contributed by atoms with Crippen molar-refractivity contribution in [2.75, 3.05) is 0 Å². The number of carboxylic acids is 2. The van der Waals surface area contributed by atoms with Crippen LogP contribution in [0.4, 0.5) is 0 Å². The predicted octanol–water partition coefficient (Wildman–Crippen LogP) is 2.91. The van der Waals surface area contributed by atoms with Crippen molar-refractivity contribution >= 4 is 23.9 Å². The molecule has 0 spiro atoms. The third kappa shape index (κ3) is 16.3. The molecular weight excluding hydrogens is 304 g/mol. The molecule has 132 valence electrons. The lowest BCUT2D eigenvalue weighted by molar-refractivity contribution is -0.160. The first-order chi connectivity index (χ1) is 10.9. The molecule has 0 aromatic heterocycles. The summed E-state index contributed by atoms with van der Waals surface area (Å²) in [6.45, 7) is 0. The van der Waals surface area contributed by atoms with Crippen molar-refractivity contribution in [2.45, 2.75) is 77.0 Å². The normalized spacial score (nSPS) is 10.3. The van der Waals surface area contributed by atoms with E-state index in [4.69, 9.17) is 10.2 Å². The molecule has 2 N–H and O–H groups in total. The van der Waals surface area contributed by atoms with E-state index < -0.39 is 23.9 Å². The lowest BCUT2D eigenvalue weighted by atomic mass is 10.1. The maximum Gasteiger partial charge on any atom is 0.313 e. The summed E-state index contributed by atoms with van der Waals surface area (Å²) < 4.78 is 4.64. The summed E-state index contributed by atoms with van der Waals surface area (Å²) in [5.41, 5.74) is 0. The standard InChI is InChI=1S/C16H26O7/c17-13(18)9-5-3-1-2-4-6-11-15(21)23-16(22)12-8-7-10-14(19)20/h1-12H2,(H,17,18)(H,19,20). The van der Waals surface area contributed by atoms with Crippen molar-refractivity contribution < 1.29 is 34.1 Å². The van der Waals surface area contributed by atoms with Gasteiger partial charge in [-0.15, -0.1) is 0 Å². The van der Waals surface area contributed by atoms with Crippen LogP contribution in [-0.4, -0.2) is 34.1 Å². The van der Waals surface area contributed by atoms with Gasteiger partial charge in [-0.25, -0.2) is 0 Å². The lowest BCUT2D eigenvalue weighted by Gasteiger charge is -2.03. The van der Waals surface area contributed by atoms with Gasteiger partial charge in [0.05, 0.1) is 0 Å². The van der Waals surface area contributed by atoms with Gasteiger partial charge in [-0.2, -0.15) is 0 Å². The highest BCUT2D eigenvalue weighted by atomic mass is 16.6. The van der Waals surface area contributed by atoms with E-state index in [1.807, 2.05) is 0 Å². The number of hydrogen-bond donors (Lipinski definition) is 2. The molecule has 0 bridgehead atoms. The van der Waals surface area contributed by atoms with Gasteiger partial charge >= 0.3 is 23.9 Å². The number of ether oxygens (including phenoxy) is 1. The minimum atomic E-state index is -0.905. The molecule has 7 heteroatoms. The second-order valence-electron chi connectivity index (χ2n) is 5.46. The molecule has 7 nitrogen and oxygen atoms in total. The quantitative estimate of drug-likeness (QED) is 0.285. The van der Waals surface area contributed by atoms with Crippen LogP contribution in [0.25, 0.3) is 0 Å². The lowest BCUT2D eigenvalue weighted by Crippen LogP contribution is -2.12. The molecular formula is C16H26O7. The molecule has 0 unspecified atom stereocenters. The van der Waals surface area contributed by atoms with Crippen LogP contribution >= 0.6 is 0 Å². The van der Waals surface area contributed by atoms with Crippen LogP contribution in [0, 0.1) is 0 Å². The van der Waals surface area contributed by atoms with Gasteiger partial charge in [0.2, 0.25) is 0 Å². The van der Waals surface area contributed by atoms with E-state index in [1.165, 1.54) is 0 Å². The number of esters is 2. The average molecular weight is 330 g/mol. The Morgan fingerprint density at radius 3 is 1.26 bits per heavy atom. The highest BCUT2D eigenvalue weighted by Crippen LogP contribution is 2.09. The Kier molecular flexibility index (Phi) is 12.6. The number of carboxylic acid groups (broad SMARTS) is 2. The Bertz CT molecular complexity index is 390. The molecule has 0 aliphatic heterocycles. The van der Waals surface area contributed by atoms with E-state index >= 15 is 0 Å². The molecule has 0 saturated heterocycles. The number of hydrogen-bond acceptors (Lipinski definition) is 5. The van der Waals surface area contributed by atoms with Crippen LogP contribution in [0.3, 0.4) is 0 Å². The first-order valence-corrected chi connectivity index (χ1v) is 8.09. The molecule has 0 amide bonds. The Hall–Kier alpha value is -1.92. The number of carbonyl (C=O) groups is 4. The second-order valence-corrected chi connectivity index (χ2v) is 5.46. The first kappa shape index (κ1) is 21.1. The minimum absolute atomic E-state index is 0.00763. The molecule has 0 aromatic carbocycles. The predicted molar refractivity (Wildman–Crippen MR) is 81.8 cm³/mol. The first-order valence-electron chi connectivity index (χ1n) is 8.09. The van der Waals surface area contributed by atoms with Gasteiger partial charge in [-0.1, -0.05) is 25.7 Å². The van der Waals surface area contributed by atoms with Crippen molar-refractivity contribution in [3.8, 4) is 0 Å². The van der Waals surface area contributed by atoms with Crippen molar-refractivity contribution in [2.24, 2.45) is 0 Å². The fourth-order valence-electron chi connectivity index (χ4n) is 2.03. The van der Waals surface area contributed by atoms with Gasteiger partial charge in [0.25, 0.3) is 0 Å². The maximum atomic E-state index is 11.4. The molecule has 0 heterocycles. The van der Waals surface area contributed by atoms with Crippen molar-refractivity contribution in [1.82, 2.24) is 0 Å². The molecule has 0 rings (SSSR count). The Balaban J connectivity index is 3.43. The topological polar surface area (TPSA) is 118 Å². The van der Waals surface area contributed by atoms with Gasteiger partial charge in [0.1, 0.15) is 0 Å². The zero-order valence-corrected chi connectivity index (χ0v) is 13.4. The molecule has 0 fully saturated rings. The third-order valence-corrected chi connectivity index (χ3v) is 3.27. The van der Waals surface area contributed by atoms with Gasteiger partial charge in [-0.05, 0) is 25.7 Å². The summed E-state index contributed by atoms with van der Waals surface area (Å²) >= 11 is 0. The maximum absolute atomic E-state index is 11.4. The van der Waals surface area contributed by atoms with Crippen molar-refractivity contribution in [1.29, 1.82) is 0 Å². The number of rotatable bonds is 14. The van der Waals surface area contributed by atoms with Gasteiger partial charge in [0, 0.05) is 25.7 Å². The van der Waals surface area contributed by atoms with Gasteiger partial charge in [0.15, 0.2) is 0 Å². The SMILES string of the molecule is O=C(O)CCCCCCCCC(=O)OC(=O)CCCCC(=O)O. The van der Waals surface area contributed by atoms with E-state index in [0.717, 1.165) is 25.7 Å². The summed E-state index contributed by atoms with van der Waals surface area (Å²) in [4.78, 5) is 43.3. The second kappa shape index (κ2) is 13.7. The molecule has 23 heavy (non-hydrogen) atoms. The number of aliphatic carboxylic acids is 2. The zero-order chi connectivity index (χ0) is 17.5. The molecule has 0 aliphatic rings. The van der Waals surface area contributed by atoms with Crippen LogP contribution in [0.2, 0.25) is 0 Å². The Morgan fingerprint density at radius 2 is 0.826 bits per heavy atom. The van der Waals surface area contributed by atoms with E-state index in [1.54, 1.807) is 0 Å². The van der Waals surface area contributed by atoms with Crippen LogP contribution in [0.1, 0.15) is 77.0 Å². The van der Waals surface area contributed by atoms with E-state index in [0.29, 0.717) is 25.7 Å². The summed E-state index contributed by atoms with van der Waals surface area (Å²) in [6.07, 6.45) is 6.13. The molecule has 0 saturated carbocycles. The molecule has 0 aromatic rings.